The fourth-order valence-electron chi connectivity index (χ4n) is 0.607. The van der Waals surface area contributed by atoms with Gasteiger partial charge in [-0.05, 0) is 6.92 Å². The minimum atomic E-state index is 0.204. The number of nitrogens with two attached hydrogens (primary N) is 1. The summed E-state index contributed by atoms with van der Waals surface area (Å²) in [5.74, 6) is 0.204. The van der Waals surface area contributed by atoms with Gasteiger partial charge in [0.2, 0.25) is 5.88 Å². The first kappa shape index (κ1) is 5.70. The van der Waals surface area contributed by atoms with Gasteiger partial charge in [-0.2, -0.15) is 5.26 Å². The summed E-state index contributed by atoms with van der Waals surface area (Å²) in [7, 11) is 0. The van der Waals surface area contributed by atoms with Crippen molar-refractivity contribution in [1.29, 1.82) is 5.26 Å². The second kappa shape index (κ2) is 1.82. The van der Waals surface area contributed by atoms with Gasteiger partial charge in [0, 0.05) is 5.56 Å². The van der Waals surface area contributed by atoms with Crippen LogP contribution in [0.3, 0.4) is 0 Å². The molecule has 0 aliphatic carbocycles. The van der Waals surface area contributed by atoms with Crippen LogP contribution < -0.4 is 5.73 Å². The summed E-state index contributed by atoms with van der Waals surface area (Å²) in [5, 5.41) is 8.40. The minimum Gasteiger partial charge on any atom is -0.447 e. The second-order valence-electron chi connectivity index (χ2n) is 1.77. The Hall–Kier alpha value is -1.43. The summed E-state index contributed by atoms with van der Waals surface area (Å²) in [5.41, 5.74) is 6.49. The minimum absolute atomic E-state index is 0.204. The quantitative estimate of drug-likeness (QED) is 0.559. The molecule has 3 heteroatoms. The van der Waals surface area contributed by atoms with E-state index >= 15 is 0 Å². The predicted molar refractivity (Wildman–Crippen MR) is 32.6 cm³/mol. The van der Waals surface area contributed by atoms with Crippen LogP contribution in [0.1, 0.15) is 11.1 Å². The Morgan fingerprint density at radius 1 is 1.78 bits per heavy atom. The predicted octanol–water partition coefficient (Wildman–Crippen LogP) is 1.04. The first-order valence-corrected chi connectivity index (χ1v) is 2.49. The van der Waals surface area contributed by atoms with E-state index in [0.29, 0.717) is 5.56 Å². The Balaban J connectivity index is 3.27. The largest absolute Gasteiger partial charge is 0.447 e. The van der Waals surface area contributed by atoms with Crippen LogP contribution >= 0.6 is 0 Å². The van der Waals surface area contributed by atoms with Crippen molar-refractivity contribution < 1.29 is 4.42 Å². The van der Waals surface area contributed by atoms with E-state index in [2.05, 4.69) is 0 Å². The highest BCUT2D eigenvalue weighted by molar-refractivity contribution is 5.50. The fourth-order valence-corrected chi connectivity index (χ4v) is 0.607. The lowest BCUT2D eigenvalue weighted by molar-refractivity contribution is 0.585. The van der Waals surface area contributed by atoms with Gasteiger partial charge in [0.25, 0.3) is 0 Å². The van der Waals surface area contributed by atoms with Crippen molar-refractivity contribution in [3.05, 3.63) is 17.4 Å². The number of hydrogen-bond acceptors (Lipinski definition) is 3. The number of hydrogen-bond donors (Lipinski definition) is 1. The molecule has 2 N–H and O–H groups in total. The lowest BCUT2D eigenvalue weighted by Crippen LogP contribution is -1.84. The van der Waals surface area contributed by atoms with Crippen LogP contribution in [0.25, 0.3) is 0 Å². The Morgan fingerprint density at radius 3 is 2.67 bits per heavy atom. The maximum absolute atomic E-state index is 8.40. The summed E-state index contributed by atoms with van der Waals surface area (Å²) in [6, 6.07) is 1.92. The van der Waals surface area contributed by atoms with E-state index in [-0.39, 0.29) is 5.88 Å². The van der Waals surface area contributed by atoms with Crippen molar-refractivity contribution in [2.45, 2.75) is 6.92 Å². The van der Waals surface area contributed by atoms with Gasteiger partial charge in [0.1, 0.15) is 11.6 Å². The Bertz CT molecular complexity index is 237. The highest BCUT2D eigenvalue weighted by Gasteiger charge is 2.04. The van der Waals surface area contributed by atoms with Crippen molar-refractivity contribution in [1.82, 2.24) is 0 Å². The fraction of sp³-hybridized carbons (Fsp3) is 0.167. The van der Waals surface area contributed by atoms with E-state index in [1.807, 2.05) is 6.07 Å². The molecule has 0 unspecified atom stereocenters. The van der Waals surface area contributed by atoms with E-state index < -0.39 is 0 Å². The Labute approximate surface area is 52.7 Å². The Morgan fingerprint density at radius 2 is 2.44 bits per heavy atom. The van der Waals surface area contributed by atoms with Gasteiger partial charge in [-0.25, -0.2) is 0 Å². The van der Waals surface area contributed by atoms with Crippen LogP contribution in [0.2, 0.25) is 0 Å². The van der Waals surface area contributed by atoms with Gasteiger partial charge in [-0.15, -0.1) is 0 Å². The molecule has 1 aromatic rings. The number of aryl methyl sites for hydroxylation is 1. The number of nitriles is 1. The molecular weight excluding hydrogens is 116 g/mol. The highest BCUT2D eigenvalue weighted by atomic mass is 16.3. The summed E-state index contributed by atoms with van der Waals surface area (Å²) in [6.45, 7) is 1.78. The van der Waals surface area contributed by atoms with E-state index in [0.717, 1.165) is 5.56 Å². The molecular formula is C6H6N2O. The molecule has 0 spiro atoms. The van der Waals surface area contributed by atoms with Gasteiger partial charge in [0.15, 0.2) is 0 Å². The van der Waals surface area contributed by atoms with Crippen molar-refractivity contribution in [2.75, 3.05) is 5.73 Å². The van der Waals surface area contributed by atoms with Crippen molar-refractivity contribution >= 4 is 5.88 Å². The highest BCUT2D eigenvalue weighted by Crippen LogP contribution is 2.15. The molecule has 0 atom stereocenters. The molecule has 0 saturated heterocycles. The molecule has 46 valence electrons. The second-order valence-corrected chi connectivity index (χ2v) is 1.77. The van der Waals surface area contributed by atoms with E-state index in [9.17, 15) is 0 Å². The van der Waals surface area contributed by atoms with Crippen LogP contribution in [0.4, 0.5) is 5.88 Å². The van der Waals surface area contributed by atoms with E-state index in [1.165, 1.54) is 6.26 Å². The summed E-state index contributed by atoms with van der Waals surface area (Å²) < 4.78 is 4.74. The molecule has 0 radical (unpaired) electrons. The first-order chi connectivity index (χ1) is 4.25. The molecule has 0 amide bonds. The topological polar surface area (TPSA) is 62.9 Å². The average molecular weight is 122 g/mol. The van der Waals surface area contributed by atoms with Crippen molar-refractivity contribution in [3.8, 4) is 6.07 Å². The van der Waals surface area contributed by atoms with Crippen LogP contribution in [0.15, 0.2) is 10.7 Å². The molecule has 1 rings (SSSR count). The lowest BCUT2D eigenvalue weighted by atomic mass is 10.2. The average Bonchev–Trinajstić information content (AvgIpc) is 2.12. The summed E-state index contributed by atoms with van der Waals surface area (Å²) in [6.07, 6.45) is 1.47. The van der Waals surface area contributed by atoms with E-state index in [4.69, 9.17) is 15.4 Å². The van der Waals surface area contributed by atoms with Crippen LogP contribution in [0, 0.1) is 18.3 Å². The van der Waals surface area contributed by atoms with Crippen molar-refractivity contribution in [3.63, 3.8) is 0 Å². The zero-order valence-electron chi connectivity index (χ0n) is 5.01. The van der Waals surface area contributed by atoms with Crippen LogP contribution in [-0.2, 0) is 0 Å². The number of rotatable bonds is 0. The molecule has 1 heterocycles. The van der Waals surface area contributed by atoms with Gasteiger partial charge >= 0.3 is 0 Å². The zero-order chi connectivity index (χ0) is 6.85. The van der Waals surface area contributed by atoms with Crippen molar-refractivity contribution in [2.24, 2.45) is 0 Å². The molecule has 0 bridgehead atoms. The van der Waals surface area contributed by atoms with Crippen LogP contribution in [-0.4, -0.2) is 0 Å². The molecule has 0 fully saturated rings. The molecule has 1 aromatic heterocycles. The summed E-state index contributed by atoms with van der Waals surface area (Å²) in [4.78, 5) is 0. The van der Waals surface area contributed by atoms with Gasteiger partial charge in [-0.3, -0.25) is 0 Å². The standard InChI is InChI=1S/C6H6N2O/c1-4-3-9-6(8)5(4)2-7/h3H,8H2,1H3. The van der Waals surface area contributed by atoms with Gasteiger partial charge in [-0.1, -0.05) is 0 Å². The van der Waals surface area contributed by atoms with Gasteiger partial charge < -0.3 is 10.2 Å². The molecule has 0 saturated carbocycles. The third-order valence-corrected chi connectivity index (χ3v) is 1.12. The number of nitrogen functional groups attached to an aromatic ring is 1. The van der Waals surface area contributed by atoms with Crippen LogP contribution in [0.5, 0.6) is 0 Å². The number of furan rings is 1. The zero-order valence-corrected chi connectivity index (χ0v) is 5.01. The Kier molecular flexibility index (Phi) is 1.16. The molecule has 9 heavy (non-hydrogen) atoms. The maximum atomic E-state index is 8.40. The lowest BCUT2D eigenvalue weighted by Gasteiger charge is -1.81. The number of nitrogens with zero attached hydrogens (tertiary/aromatic N) is 1. The first-order valence-electron chi connectivity index (χ1n) is 2.49. The van der Waals surface area contributed by atoms with Gasteiger partial charge in [0.05, 0.1) is 6.26 Å². The third-order valence-electron chi connectivity index (χ3n) is 1.12. The SMILES string of the molecule is Cc1coc(N)c1C#N. The third kappa shape index (κ3) is 0.745. The molecule has 0 aliphatic heterocycles. The summed E-state index contributed by atoms with van der Waals surface area (Å²) >= 11 is 0. The normalized spacial score (nSPS) is 8.89. The molecule has 3 nitrogen and oxygen atoms in total. The molecule has 0 aromatic carbocycles. The maximum Gasteiger partial charge on any atom is 0.208 e. The smallest absolute Gasteiger partial charge is 0.208 e. The number of anilines is 1. The van der Waals surface area contributed by atoms with E-state index in [1.54, 1.807) is 6.92 Å². The monoisotopic (exact) mass is 122 g/mol. The molecule has 0 aliphatic rings.